The fourth-order valence-corrected chi connectivity index (χ4v) is 2.54. The molecule has 94 valence electrons. The Kier molecular flexibility index (Phi) is 3.24. The van der Waals surface area contributed by atoms with Crippen molar-refractivity contribution in [2.75, 3.05) is 4.90 Å². The van der Waals surface area contributed by atoms with Gasteiger partial charge in [-0.15, -0.1) is 0 Å². The van der Waals surface area contributed by atoms with Crippen molar-refractivity contribution in [3.05, 3.63) is 24.3 Å². The third-order valence-electron chi connectivity index (χ3n) is 2.38. The number of carbonyl (C=O) groups excluding carboxylic acids is 3. The first-order valence-electron chi connectivity index (χ1n) is 5.02. The molecule has 0 spiro atoms. The Labute approximate surface area is 106 Å². The molecule has 7 heteroatoms. The van der Waals surface area contributed by atoms with Crippen LogP contribution in [0.3, 0.4) is 0 Å². The van der Waals surface area contributed by atoms with Crippen molar-refractivity contribution in [2.24, 2.45) is 0 Å². The lowest BCUT2D eigenvalue weighted by molar-refractivity contribution is -0.305. The molecule has 1 aliphatic heterocycles. The number of benzene rings is 1. The van der Waals surface area contributed by atoms with Gasteiger partial charge in [0.1, 0.15) is 5.75 Å². The maximum atomic E-state index is 11.9. The maximum Gasteiger partial charge on any atom is 0.293 e. The Morgan fingerprint density at radius 1 is 1.33 bits per heavy atom. The molecule has 6 nitrogen and oxygen atoms in total. The highest BCUT2D eigenvalue weighted by atomic mass is 32.2. The second-order valence-electron chi connectivity index (χ2n) is 3.64. The minimum absolute atomic E-state index is 0.0109. The zero-order valence-corrected chi connectivity index (χ0v) is 9.85. The van der Waals surface area contributed by atoms with Gasteiger partial charge in [-0.25, -0.2) is 4.90 Å². The number of thioether (sulfide) groups is 1. The number of carboxylic acids is 1. The number of hydrogen-bond acceptors (Lipinski definition) is 6. The lowest BCUT2D eigenvalue weighted by atomic mass is 10.2. The third kappa shape index (κ3) is 2.30. The second kappa shape index (κ2) is 4.69. The van der Waals surface area contributed by atoms with E-state index in [1.807, 2.05) is 0 Å². The molecule has 1 fully saturated rings. The van der Waals surface area contributed by atoms with Crippen molar-refractivity contribution in [1.29, 1.82) is 0 Å². The highest BCUT2D eigenvalue weighted by molar-refractivity contribution is 8.15. The number of aliphatic carboxylic acids is 1. The Hall–Kier alpha value is -2.02. The number of phenolic OH excluding ortho intramolecular Hbond substituents is 1. The molecule has 0 aromatic heterocycles. The summed E-state index contributed by atoms with van der Waals surface area (Å²) < 4.78 is 0. The van der Waals surface area contributed by atoms with Gasteiger partial charge in [0.15, 0.2) is 0 Å². The van der Waals surface area contributed by atoms with Gasteiger partial charge in [0.05, 0.1) is 10.9 Å². The maximum absolute atomic E-state index is 11.9. The van der Waals surface area contributed by atoms with E-state index in [1.165, 1.54) is 24.3 Å². The topological polar surface area (TPSA) is 97.7 Å². The summed E-state index contributed by atoms with van der Waals surface area (Å²) >= 11 is 0.663. The van der Waals surface area contributed by atoms with Crippen LogP contribution >= 0.6 is 11.8 Å². The van der Waals surface area contributed by atoms with Gasteiger partial charge in [-0.2, -0.15) is 0 Å². The molecular weight excluding hydrogens is 258 g/mol. The monoisotopic (exact) mass is 266 g/mol. The van der Waals surface area contributed by atoms with Crippen molar-refractivity contribution >= 4 is 34.6 Å². The lowest BCUT2D eigenvalue weighted by Gasteiger charge is -2.13. The Bertz CT molecular complexity index is 513. The third-order valence-corrected chi connectivity index (χ3v) is 3.42. The van der Waals surface area contributed by atoms with Crippen LogP contribution in [-0.4, -0.2) is 27.5 Å². The molecule has 1 saturated heterocycles. The van der Waals surface area contributed by atoms with Crippen molar-refractivity contribution in [2.45, 2.75) is 11.7 Å². The summed E-state index contributed by atoms with van der Waals surface area (Å²) in [6, 6.07) is 5.50. The van der Waals surface area contributed by atoms with E-state index in [0.29, 0.717) is 17.4 Å². The van der Waals surface area contributed by atoms with E-state index < -0.39 is 28.8 Å². The molecule has 0 saturated carbocycles. The first-order chi connectivity index (χ1) is 8.49. The van der Waals surface area contributed by atoms with Gasteiger partial charge in [-0.05, 0) is 24.3 Å². The average Bonchev–Trinajstić information content (AvgIpc) is 2.55. The van der Waals surface area contributed by atoms with Crippen LogP contribution in [0, 0.1) is 0 Å². The fraction of sp³-hybridized carbons (Fsp3) is 0.182. The van der Waals surface area contributed by atoms with Crippen molar-refractivity contribution in [3.63, 3.8) is 0 Å². The Morgan fingerprint density at radius 3 is 2.50 bits per heavy atom. The summed E-state index contributed by atoms with van der Waals surface area (Å²) in [7, 11) is 0. The van der Waals surface area contributed by atoms with Gasteiger partial charge < -0.3 is 15.0 Å². The molecule has 2 rings (SSSR count). The minimum Gasteiger partial charge on any atom is -0.550 e. The standard InChI is InChI=1S/C11H9NO5S/c13-7-3-1-6(2-4-7)12-10(16)8(5-9(14)15)18-11(12)17/h1-4,8,13H,5H2,(H,14,15)/p-1/t8-/m1/s1. The van der Waals surface area contributed by atoms with Crippen LogP contribution in [0.25, 0.3) is 0 Å². The summed E-state index contributed by atoms with van der Waals surface area (Å²) in [6.45, 7) is 0. The van der Waals surface area contributed by atoms with Crippen molar-refractivity contribution in [1.82, 2.24) is 0 Å². The number of anilines is 1. The molecule has 0 radical (unpaired) electrons. The largest absolute Gasteiger partial charge is 0.550 e. The van der Waals surface area contributed by atoms with E-state index in [2.05, 4.69) is 0 Å². The van der Waals surface area contributed by atoms with Crippen LogP contribution in [-0.2, 0) is 9.59 Å². The summed E-state index contributed by atoms with van der Waals surface area (Å²) in [5.74, 6) is -1.95. The smallest absolute Gasteiger partial charge is 0.293 e. The molecular formula is C11H8NO5S-. The summed E-state index contributed by atoms with van der Waals surface area (Å²) in [4.78, 5) is 34.9. The SMILES string of the molecule is O=C([O-])C[C@H]1SC(=O)N(c2ccc(O)cc2)C1=O. The molecule has 1 aliphatic rings. The number of hydrogen-bond donors (Lipinski definition) is 1. The molecule has 0 bridgehead atoms. The molecule has 2 amide bonds. The van der Waals surface area contributed by atoms with Crippen molar-refractivity contribution < 1.29 is 24.6 Å². The molecule has 1 aromatic rings. The Morgan fingerprint density at radius 2 is 1.94 bits per heavy atom. The van der Waals surface area contributed by atoms with Crippen LogP contribution < -0.4 is 10.0 Å². The number of carbonyl (C=O) groups is 3. The molecule has 1 heterocycles. The van der Waals surface area contributed by atoms with Gasteiger partial charge in [-0.1, -0.05) is 11.8 Å². The molecule has 18 heavy (non-hydrogen) atoms. The molecule has 1 atom stereocenters. The van der Waals surface area contributed by atoms with Crippen LogP contribution in [0.1, 0.15) is 6.42 Å². The van der Waals surface area contributed by atoms with Crippen LogP contribution in [0.5, 0.6) is 5.75 Å². The molecule has 0 unspecified atom stereocenters. The minimum atomic E-state index is -1.37. The number of amides is 2. The van der Waals surface area contributed by atoms with Crippen LogP contribution in [0.15, 0.2) is 24.3 Å². The van der Waals surface area contributed by atoms with E-state index in [1.54, 1.807) is 0 Å². The molecule has 1 N–H and O–H groups in total. The molecule has 1 aromatic carbocycles. The van der Waals surface area contributed by atoms with Gasteiger partial charge in [0, 0.05) is 12.4 Å². The van der Waals surface area contributed by atoms with E-state index in [-0.39, 0.29) is 5.75 Å². The number of carboxylic acid groups (broad SMARTS) is 1. The number of phenols is 1. The Balaban J connectivity index is 2.24. The summed E-state index contributed by atoms with van der Waals surface area (Å²) in [6.07, 6.45) is -0.496. The quantitative estimate of drug-likeness (QED) is 0.833. The lowest BCUT2D eigenvalue weighted by Crippen LogP contribution is -2.34. The average molecular weight is 266 g/mol. The van der Waals surface area contributed by atoms with Gasteiger partial charge in [-0.3, -0.25) is 9.59 Å². The fourth-order valence-electron chi connectivity index (χ4n) is 1.57. The second-order valence-corrected chi connectivity index (χ2v) is 4.79. The van der Waals surface area contributed by atoms with E-state index in [4.69, 9.17) is 5.11 Å². The van der Waals surface area contributed by atoms with Gasteiger partial charge in [0.25, 0.3) is 5.24 Å². The summed E-state index contributed by atoms with van der Waals surface area (Å²) in [5.41, 5.74) is 0.302. The first-order valence-corrected chi connectivity index (χ1v) is 5.90. The zero-order valence-electron chi connectivity index (χ0n) is 9.03. The van der Waals surface area contributed by atoms with Gasteiger partial charge >= 0.3 is 0 Å². The molecule has 0 aliphatic carbocycles. The predicted octanol–water partition coefficient (Wildman–Crippen LogP) is 0.101. The van der Waals surface area contributed by atoms with E-state index >= 15 is 0 Å². The normalized spacial score (nSPS) is 19.3. The number of aromatic hydroxyl groups is 1. The number of rotatable bonds is 3. The predicted molar refractivity (Wildman–Crippen MR) is 62.0 cm³/mol. The van der Waals surface area contributed by atoms with Crippen LogP contribution in [0.2, 0.25) is 0 Å². The van der Waals surface area contributed by atoms with Gasteiger partial charge in [0.2, 0.25) is 5.91 Å². The highest BCUT2D eigenvalue weighted by Gasteiger charge is 2.40. The van der Waals surface area contributed by atoms with E-state index in [9.17, 15) is 19.5 Å². The van der Waals surface area contributed by atoms with E-state index in [0.717, 1.165) is 4.90 Å². The summed E-state index contributed by atoms with van der Waals surface area (Å²) in [5, 5.41) is 18.1. The van der Waals surface area contributed by atoms with Crippen LogP contribution in [0.4, 0.5) is 10.5 Å². The zero-order chi connectivity index (χ0) is 13.3. The first kappa shape index (κ1) is 12.4. The van der Waals surface area contributed by atoms with Crippen molar-refractivity contribution in [3.8, 4) is 5.75 Å². The highest BCUT2D eigenvalue weighted by Crippen LogP contribution is 2.33. The number of imide groups is 1. The number of nitrogens with zero attached hydrogens (tertiary/aromatic N) is 1.